The molecule has 3 heterocycles. The second-order valence-electron chi connectivity index (χ2n) is 9.64. The minimum Gasteiger partial charge on any atom is -0.497 e. The molecule has 0 unspecified atom stereocenters. The number of hydrogen-bond donors (Lipinski definition) is 2. The molecule has 3 amide bonds. The quantitative estimate of drug-likeness (QED) is 0.460. The van der Waals surface area contributed by atoms with Crippen molar-refractivity contribution in [2.24, 2.45) is 0 Å². The molecular weight excluding hydrogens is 518 g/mol. The zero-order valence-corrected chi connectivity index (χ0v) is 22.7. The first-order chi connectivity index (χ1) is 18.9. The van der Waals surface area contributed by atoms with Gasteiger partial charge >= 0.3 is 0 Å². The van der Waals surface area contributed by atoms with Gasteiger partial charge in [0.15, 0.2) is 0 Å². The van der Waals surface area contributed by atoms with Gasteiger partial charge in [0.05, 0.1) is 36.1 Å². The van der Waals surface area contributed by atoms with Gasteiger partial charge in [-0.2, -0.15) is 0 Å². The van der Waals surface area contributed by atoms with Crippen LogP contribution in [-0.2, 0) is 16.1 Å². The average molecular weight is 550 g/mol. The maximum atomic E-state index is 13.4. The van der Waals surface area contributed by atoms with Crippen molar-refractivity contribution >= 4 is 34.7 Å². The topological polar surface area (TPSA) is 106 Å². The first-order valence-corrected chi connectivity index (χ1v) is 13.7. The third-order valence-corrected chi connectivity index (χ3v) is 7.92. The van der Waals surface area contributed by atoms with Crippen molar-refractivity contribution in [2.75, 3.05) is 26.1 Å². The largest absolute Gasteiger partial charge is 0.497 e. The molecule has 9 nitrogen and oxygen atoms in total. The summed E-state index contributed by atoms with van der Waals surface area (Å²) in [4.78, 5) is 40.8. The number of fused-ring (bicyclic) bond motifs is 2. The van der Waals surface area contributed by atoms with Gasteiger partial charge in [-0.05, 0) is 60.2 Å². The van der Waals surface area contributed by atoms with Gasteiger partial charge < -0.3 is 29.7 Å². The predicted molar refractivity (Wildman–Crippen MR) is 147 cm³/mol. The first-order valence-electron chi connectivity index (χ1n) is 12.8. The van der Waals surface area contributed by atoms with Crippen LogP contribution in [0.1, 0.15) is 44.9 Å². The van der Waals surface area contributed by atoms with Crippen LogP contribution in [0.3, 0.4) is 0 Å². The van der Waals surface area contributed by atoms with E-state index in [1.54, 1.807) is 43.3 Å². The van der Waals surface area contributed by atoms with E-state index in [0.717, 1.165) is 11.3 Å². The number of thiophene rings is 1. The van der Waals surface area contributed by atoms with Crippen LogP contribution in [0.25, 0.3) is 0 Å². The molecule has 0 spiro atoms. The number of benzene rings is 2. The van der Waals surface area contributed by atoms with Crippen LogP contribution in [0.2, 0.25) is 0 Å². The summed E-state index contributed by atoms with van der Waals surface area (Å²) in [6.45, 7) is 0.653. The number of carbonyl (C=O) groups excluding carboxylic acids is 3. The van der Waals surface area contributed by atoms with E-state index < -0.39 is 0 Å². The van der Waals surface area contributed by atoms with Gasteiger partial charge in [0, 0.05) is 19.3 Å². The van der Waals surface area contributed by atoms with Gasteiger partial charge in [-0.15, -0.1) is 11.3 Å². The summed E-state index contributed by atoms with van der Waals surface area (Å²) in [5.74, 6) is 0.648. The second kappa shape index (κ2) is 11.9. The highest BCUT2D eigenvalue weighted by molar-refractivity contribution is 7.12. The van der Waals surface area contributed by atoms with Crippen LogP contribution >= 0.6 is 11.3 Å². The van der Waals surface area contributed by atoms with Crippen molar-refractivity contribution in [3.05, 3.63) is 76.0 Å². The summed E-state index contributed by atoms with van der Waals surface area (Å²) in [6, 6.07) is 16.0. The molecule has 2 aliphatic heterocycles. The van der Waals surface area contributed by atoms with E-state index in [9.17, 15) is 14.4 Å². The molecule has 0 bridgehead atoms. The number of nitrogens with one attached hydrogen (secondary N) is 2. The molecule has 0 radical (unpaired) electrons. The lowest BCUT2D eigenvalue weighted by Crippen LogP contribution is -2.53. The van der Waals surface area contributed by atoms with Gasteiger partial charge in [0.2, 0.25) is 5.91 Å². The number of methoxy groups -OCH3 is 1. The van der Waals surface area contributed by atoms with Gasteiger partial charge in [-0.1, -0.05) is 18.2 Å². The number of nitrogens with zero attached hydrogens (tertiary/aromatic N) is 1. The second-order valence-corrected chi connectivity index (χ2v) is 10.6. The molecule has 204 valence electrons. The fourth-order valence-electron chi connectivity index (χ4n) is 4.97. The monoisotopic (exact) mass is 549 g/mol. The molecule has 39 heavy (non-hydrogen) atoms. The molecule has 5 rings (SSSR count). The molecule has 0 saturated carbocycles. The fraction of sp³-hybridized carbons (Fsp3) is 0.345. The predicted octanol–water partition coefficient (Wildman–Crippen LogP) is 4.10. The summed E-state index contributed by atoms with van der Waals surface area (Å²) >= 11 is 1.35. The van der Waals surface area contributed by atoms with Crippen molar-refractivity contribution < 1.29 is 28.6 Å². The summed E-state index contributed by atoms with van der Waals surface area (Å²) in [5.41, 5.74) is 1.86. The van der Waals surface area contributed by atoms with E-state index in [-0.39, 0.29) is 49.0 Å². The van der Waals surface area contributed by atoms with Crippen molar-refractivity contribution in [3.8, 4) is 11.5 Å². The molecule has 1 fully saturated rings. The molecule has 2 aliphatic rings. The van der Waals surface area contributed by atoms with Gasteiger partial charge in [-0.25, -0.2) is 0 Å². The Balaban J connectivity index is 1.20. The van der Waals surface area contributed by atoms with Gasteiger partial charge in [0.25, 0.3) is 11.8 Å². The minimum absolute atomic E-state index is 0.0973. The zero-order chi connectivity index (χ0) is 27.4. The highest BCUT2D eigenvalue weighted by Crippen LogP contribution is 2.32. The van der Waals surface area contributed by atoms with Crippen molar-refractivity contribution in [2.45, 2.75) is 44.1 Å². The molecule has 2 aromatic carbocycles. The number of amides is 3. The summed E-state index contributed by atoms with van der Waals surface area (Å²) in [5, 5.41) is 7.63. The number of carbonyl (C=O) groups is 3. The van der Waals surface area contributed by atoms with Crippen LogP contribution in [0.15, 0.2) is 60.0 Å². The summed E-state index contributed by atoms with van der Waals surface area (Å²) in [6.07, 6.45) is 0.936. The van der Waals surface area contributed by atoms with E-state index in [4.69, 9.17) is 14.2 Å². The van der Waals surface area contributed by atoms with E-state index in [0.29, 0.717) is 41.3 Å². The maximum Gasteiger partial charge on any atom is 0.265 e. The molecular formula is C29H31N3O6S. The Bertz CT molecular complexity index is 1340. The lowest BCUT2D eigenvalue weighted by atomic mass is 9.94. The Hall–Kier alpha value is -3.89. The summed E-state index contributed by atoms with van der Waals surface area (Å²) in [7, 11) is 3.37. The minimum atomic E-state index is -0.366. The molecule has 1 saturated heterocycles. The maximum absolute atomic E-state index is 13.4. The third kappa shape index (κ3) is 6.23. The Labute approximate surface area is 231 Å². The van der Waals surface area contributed by atoms with Crippen molar-refractivity contribution in [3.63, 3.8) is 0 Å². The normalized spacial score (nSPS) is 20.5. The smallest absolute Gasteiger partial charge is 0.265 e. The van der Waals surface area contributed by atoms with E-state index in [1.165, 1.54) is 11.3 Å². The Kier molecular flexibility index (Phi) is 8.13. The Morgan fingerprint density at radius 2 is 2.00 bits per heavy atom. The van der Waals surface area contributed by atoms with Crippen LogP contribution < -0.4 is 20.1 Å². The van der Waals surface area contributed by atoms with Crippen molar-refractivity contribution in [1.82, 2.24) is 10.2 Å². The summed E-state index contributed by atoms with van der Waals surface area (Å²) < 4.78 is 17.6. The SMILES string of the molecule is COc1cccc(CNC(=O)C[C@H]2CC[C@@H]3[C@H](COc4ccc(NC(=O)c5cccs5)cc4C(=O)N3C)O2)c1. The third-order valence-electron chi connectivity index (χ3n) is 7.05. The number of ether oxygens (including phenoxy) is 3. The zero-order valence-electron chi connectivity index (χ0n) is 21.8. The highest BCUT2D eigenvalue weighted by Gasteiger charge is 2.39. The molecule has 3 atom stereocenters. The molecule has 0 aliphatic carbocycles. The standard InChI is InChI=1S/C29H31N3O6S/c1-32-23-10-9-21(15-27(33)30-16-18-5-3-6-20(13-18)36-2)38-25(23)17-37-24-11-8-19(14-22(24)29(32)35)31-28(34)26-7-4-12-39-26/h3-8,11-14,21,23,25H,9-10,15-17H2,1-2H3,(H,30,33)(H,31,34)/t21-,23-,25+/m1/s1. The average Bonchev–Trinajstić information content (AvgIpc) is 3.50. The number of hydrogen-bond acceptors (Lipinski definition) is 7. The van der Waals surface area contributed by atoms with E-state index in [1.807, 2.05) is 35.7 Å². The van der Waals surface area contributed by atoms with E-state index >= 15 is 0 Å². The number of rotatable bonds is 7. The molecule has 1 aromatic heterocycles. The van der Waals surface area contributed by atoms with Crippen LogP contribution in [0.4, 0.5) is 5.69 Å². The van der Waals surface area contributed by atoms with Crippen LogP contribution in [-0.4, -0.2) is 61.6 Å². The fourth-order valence-corrected chi connectivity index (χ4v) is 5.59. The number of anilines is 1. The molecule has 3 aromatic rings. The number of likely N-dealkylation sites (N-methyl/N-ethyl adjacent to an activating group) is 1. The Morgan fingerprint density at radius 1 is 1.13 bits per heavy atom. The van der Waals surface area contributed by atoms with Gasteiger partial charge in [-0.3, -0.25) is 14.4 Å². The van der Waals surface area contributed by atoms with Crippen molar-refractivity contribution in [1.29, 1.82) is 0 Å². The lowest BCUT2D eigenvalue weighted by Gasteiger charge is -2.42. The lowest BCUT2D eigenvalue weighted by molar-refractivity contribution is -0.134. The van der Waals surface area contributed by atoms with Gasteiger partial charge in [0.1, 0.15) is 24.2 Å². The highest BCUT2D eigenvalue weighted by atomic mass is 32.1. The van der Waals surface area contributed by atoms with Crippen LogP contribution in [0.5, 0.6) is 11.5 Å². The molecule has 2 N–H and O–H groups in total. The van der Waals surface area contributed by atoms with Crippen LogP contribution in [0, 0.1) is 0 Å². The molecule has 10 heteroatoms. The Morgan fingerprint density at radius 3 is 2.79 bits per heavy atom. The van der Waals surface area contributed by atoms with E-state index in [2.05, 4.69) is 10.6 Å². The first kappa shape index (κ1) is 26.7.